The molecule has 5 nitrogen and oxygen atoms in total. The fraction of sp³-hybridized carbons (Fsp3) is 0.562. The zero-order chi connectivity index (χ0) is 16.0. The van der Waals surface area contributed by atoms with E-state index in [1.54, 1.807) is 18.2 Å². The number of benzene rings is 1. The lowest BCUT2D eigenvalue weighted by Crippen LogP contribution is -2.30. The van der Waals surface area contributed by atoms with Crippen molar-refractivity contribution in [3.8, 4) is 5.75 Å². The Hall–Kier alpha value is -1.56. The van der Waals surface area contributed by atoms with Gasteiger partial charge in [-0.1, -0.05) is 0 Å². The molecule has 22 heavy (non-hydrogen) atoms. The Balaban J connectivity index is 1.66. The molecule has 3 rings (SSSR count). The Labute approximate surface area is 131 Å². The molecule has 0 aromatic heterocycles. The average molecular weight is 323 g/mol. The topological polar surface area (TPSA) is 72.5 Å². The predicted octanol–water partition coefficient (Wildman–Crippen LogP) is 1.70. The van der Waals surface area contributed by atoms with Crippen molar-refractivity contribution in [1.82, 2.24) is 5.32 Å². The van der Waals surface area contributed by atoms with Crippen molar-refractivity contribution in [2.24, 2.45) is 5.92 Å². The van der Waals surface area contributed by atoms with E-state index in [9.17, 15) is 13.2 Å². The van der Waals surface area contributed by atoms with Crippen LogP contribution in [0.1, 0.15) is 32.3 Å². The maximum atomic E-state index is 12.4. The van der Waals surface area contributed by atoms with Crippen LogP contribution in [-0.4, -0.2) is 32.2 Å². The van der Waals surface area contributed by atoms with E-state index >= 15 is 0 Å². The van der Waals surface area contributed by atoms with Gasteiger partial charge in [0.1, 0.15) is 11.4 Å². The van der Waals surface area contributed by atoms with Crippen molar-refractivity contribution < 1.29 is 17.9 Å². The second-order valence-corrected chi connectivity index (χ2v) is 8.80. The summed E-state index contributed by atoms with van der Waals surface area (Å²) < 4.78 is 30.5. The highest BCUT2D eigenvalue weighted by molar-refractivity contribution is 7.91. The third-order valence-corrected chi connectivity index (χ3v) is 5.73. The molecule has 1 fully saturated rings. The molecule has 0 saturated heterocycles. The summed E-state index contributed by atoms with van der Waals surface area (Å²) in [5.74, 6) is 0.751. The van der Waals surface area contributed by atoms with Crippen molar-refractivity contribution in [3.05, 3.63) is 23.8 Å². The Morgan fingerprint density at radius 3 is 2.77 bits per heavy atom. The fourth-order valence-corrected chi connectivity index (χ4v) is 3.90. The number of nitrogens with one attached hydrogen (secondary N) is 1. The summed E-state index contributed by atoms with van der Waals surface area (Å²) in [6.07, 6.45) is 2.53. The Morgan fingerprint density at radius 1 is 1.36 bits per heavy atom. The number of carbonyl (C=O) groups is 1. The molecule has 1 heterocycles. The van der Waals surface area contributed by atoms with Crippen LogP contribution in [0.25, 0.3) is 0 Å². The van der Waals surface area contributed by atoms with Crippen LogP contribution in [-0.2, 0) is 21.1 Å². The van der Waals surface area contributed by atoms with E-state index in [-0.39, 0.29) is 29.7 Å². The number of sulfone groups is 1. The molecule has 1 N–H and O–H groups in total. The summed E-state index contributed by atoms with van der Waals surface area (Å²) in [5, 5.41) is 2.69. The number of hydrogen-bond acceptors (Lipinski definition) is 4. The normalized spacial score (nSPS) is 19.4. The molecule has 0 atom stereocenters. The minimum absolute atomic E-state index is 0.0284. The molecule has 1 aromatic rings. The zero-order valence-electron chi connectivity index (χ0n) is 12.9. The van der Waals surface area contributed by atoms with Gasteiger partial charge in [0, 0.05) is 18.9 Å². The van der Waals surface area contributed by atoms with Crippen molar-refractivity contribution in [1.29, 1.82) is 0 Å². The number of carbonyl (C=O) groups excluding carboxylic acids is 1. The summed E-state index contributed by atoms with van der Waals surface area (Å²) in [4.78, 5) is 11.8. The number of fused-ring (bicyclic) bond motifs is 1. The van der Waals surface area contributed by atoms with Crippen LogP contribution in [0.3, 0.4) is 0 Å². The second-order valence-electron chi connectivity index (χ2n) is 6.69. The van der Waals surface area contributed by atoms with E-state index in [4.69, 9.17) is 4.74 Å². The van der Waals surface area contributed by atoms with Gasteiger partial charge >= 0.3 is 0 Å². The van der Waals surface area contributed by atoms with E-state index in [2.05, 4.69) is 5.32 Å². The van der Waals surface area contributed by atoms with Gasteiger partial charge in [0.25, 0.3) is 0 Å². The highest BCUT2D eigenvalue weighted by atomic mass is 32.2. The summed E-state index contributed by atoms with van der Waals surface area (Å²) >= 11 is 0. The third kappa shape index (κ3) is 3.27. The molecule has 2 aliphatic rings. The maximum absolute atomic E-state index is 12.4. The zero-order valence-corrected chi connectivity index (χ0v) is 13.7. The lowest BCUT2D eigenvalue weighted by molar-refractivity contribution is -0.122. The highest BCUT2D eigenvalue weighted by Crippen LogP contribution is 2.36. The van der Waals surface area contributed by atoms with Crippen LogP contribution in [0, 0.1) is 5.92 Å². The molecule has 0 unspecified atom stereocenters. The van der Waals surface area contributed by atoms with Gasteiger partial charge in [-0.3, -0.25) is 4.79 Å². The first-order valence-electron chi connectivity index (χ1n) is 7.59. The van der Waals surface area contributed by atoms with Crippen molar-refractivity contribution in [3.63, 3.8) is 0 Å². The Kier molecular flexibility index (Phi) is 3.67. The molecule has 1 amide bonds. The first-order chi connectivity index (χ1) is 10.3. The largest absolute Gasteiger partial charge is 0.487 e. The van der Waals surface area contributed by atoms with Gasteiger partial charge in [0.05, 0.1) is 10.6 Å². The van der Waals surface area contributed by atoms with Crippen LogP contribution < -0.4 is 10.1 Å². The van der Waals surface area contributed by atoms with Gasteiger partial charge in [-0.15, -0.1) is 0 Å². The summed E-state index contributed by atoms with van der Waals surface area (Å²) in [5.41, 5.74) is 0.635. The van der Waals surface area contributed by atoms with E-state index in [0.717, 1.165) is 24.2 Å². The van der Waals surface area contributed by atoms with Crippen LogP contribution in [0.5, 0.6) is 5.75 Å². The van der Waals surface area contributed by atoms with Gasteiger partial charge in [-0.25, -0.2) is 8.42 Å². The van der Waals surface area contributed by atoms with Crippen molar-refractivity contribution in [2.45, 2.75) is 43.6 Å². The molecule has 6 heteroatoms. The first kappa shape index (κ1) is 15.3. The van der Waals surface area contributed by atoms with Crippen LogP contribution in [0.4, 0.5) is 0 Å². The minimum Gasteiger partial charge on any atom is -0.487 e. The number of rotatable bonds is 5. The molecule has 1 aliphatic carbocycles. The number of amides is 1. The Bertz CT molecular complexity index is 705. The number of ether oxygens (including phenoxy) is 1. The summed E-state index contributed by atoms with van der Waals surface area (Å²) in [6.45, 7) is 4.12. The molecule has 1 aliphatic heterocycles. The lowest BCUT2D eigenvalue weighted by atomic mass is 10.0. The smallest absolute Gasteiger partial charge is 0.223 e. The third-order valence-electron chi connectivity index (χ3n) is 4.01. The van der Waals surface area contributed by atoms with Crippen LogP contribution >= 0.6 is 0 Å². The molecule has 120 valence electrons. The van der Waals surface area contributed by atoms with E-state index < -0.39 is 9.84 Å². The van der Waals surface area contributed by atoms with Gasteiger partial charge < -0.3 is 10.1 Å². The van der Waals surface area contributed by atoms with Gasteiger partial charge in [-0.05, 0) is 50.5 Å². The molecule has 0 radical (unpaired) electrons. The molecular weight excluding hydrogens is 302 g/mol. The minimum atomic E-state index is -3.39. The molecule has 0 spiro atoms. The molecule has 1 saturated carbocycles. The molecular formula is C16H21NO4S. The van der Waals surface area contributed by atoms with E-state index in [1.807, 2.05) is 13.8 Å². The maximum Gasteiger partial charge on any atom is 0.223 e. The van der Waals surface area contributed by atoms with Gasteiger partial charge in [0.15, 0.2) is 9.84 Å². The second kappa shape index (κ2) is 5.26. The van der Waals surface area contributed by atoms with Crippen molar-refractivity contribution >= 4 is 15.7 Å². The lowest BCUT2D eigenvalue weighted by Gasteiger charge is -2.16. The fourth-order valence-electron chi connectivity index (χ4n) is 2.70. The summed E-state index contributed by atoms with van der Waals surface area (Å²) in [7, 11) is -3.39. The first-order valence-corrected chi connectivity index (χ1v) is 9.24. The molecule has 0 bridgehead atoms. The van der Waals surface area contributed by atoms with Gasteiger partial charge in [0.2, 0.25) is 5.91 Å². The van der Waals surface area contributed by atoms with E-state index in [0.29, 0.717) is 11.3 Å². The Morgan fingerprint density at radius 2 is 2.09 bits per heavy atom. The van der Waals surface area contributed by atoms with Crippen LogP contribution in [0.15, 0.2) is 23.1 Å². The van der Waals surface area contributed by atoms with E-state index in [1.165, 1.54) is 0 Å². The monoisotopic (exact) mass is 323 g/mol. The van der Waals surface area contributed by atoms with Crippen molar-refractivity contribution in [2.75, 3.05) is 12.3 Å². The summed E-state index contributed by atoms with van der Waals surface area (Å²) in [6, 6.07) is 5.00. The van der Waals surface area contributed by atoms with Crippen LogP contribution in [0.2, 0.25) is 0 Å². The quantitative estimate of drug-likeness (QED) is 0.895. The number of hydrogen-bond donors (Lipinski definition) is 1. The molecule has 1 aromatic carbocycles. The SMILES string of the molecule is CC1(C)Cc2cc(S(=O)(=O)CCNC(=O)C3CC3)ccc2O1. The average Bonchev–Trinajstić information content (AvgIpc) is 3.20. The highest BCUT2D eigenvalue weighted by Gasteiger charge is 2.32. The standard InChI is InChI=1S/C16H21NO4S/c1-16(2)10-12-9-13(5-6-14(12)21-16)22(19,20)8-7-17-15(18)11-3-4-11/h5-6,9,11H,3-4,7-8,10H2,1-2H3,(H,17,18). The van der Waals surface area contributed by atoms with Gasteiger partial charge in [-0.2, -0.15) is 0 Å². The predicted molar refractivity (Wildman–Crippen MR) is 82.6 cm³/mol.